The molecule has 0 aromatic heterocycles. The Labute approximate surface area is 157 Å². The highest BCUT2D eigenvalue weighted by Crippen LogP contribution is 2.18. The van der Waals surface area contributed by atoms with Gasteiger partial charge in [0.05, 0.1) is 5.69 Å². The molecule has 0 spiro atoms. The molecule has 1 aliphatic rings. The van der Waals surface area contributed by atoms with Crippen molar-refractivity contribution in [3.8, 4) is 0 Å². The Morgan fingerprint density at radius 2 is 1.92 bits per heavy atom. The Morgan fingerprint density at radius 3 is 2.54 bits per heavy atom. The number of hydrogen-bond donors (Lipinski definition) is 1. The minimum Gasteiger partial charge on any atom is -0.353 e. The molecule has 1 amide bonds. The van der Waals surface area contributed by atoms with Crippen LogP contribution >= 0.6 is 0 Å². The Balaban J connectivity index is 1.96. The van der Waals surface area contributed by atoms with E-state index in [0.717, 1.165) is 21.7 Å². The van der Waals surface area contributed by atoms with Crippen LogP contribution in [0.5, 0.6) is 0 Å². The van der Waals surface area contributed by atoms with Crippen molar-refractivity contribution in [3.63, 3.8) is 0 Å². The van der Waals surface area contributed by atoms with Crippen molar-refractivity contribution < 1.29 is 13.2 Å². The van der Waals surface area contributed by atoms with Crippen molar-refractivity contribution in [2.24, 2.45) is 0 Å². The third kappa shape index (κ3) is 5.43. The van der Waals surface area contributed by atoms with E-state index in [-0.39, 0.29) is 12.5 Å². The molecule has 0 bridgehead atoms. The molecule has 1 heterocycles. The molecule has 2 rings (SSSR count). The number of rotatable bonds is 8. The van der Waals surface area contributed by atoms with E-state index in [1.165, 1.54) is 33.4 Å². The van der Waals surface area contributed by atoms with Crippen molar-refractivity contribution in [3.05, 3.63) is 30.3 Å². The molecular formula is C18H30N4O3S. The van der Waals surface area contributed by atoms with Crippen molar-refractivity contribution in [2.75, 3.05) is 44.6 Å². The average molecular weight is 383 g/mol. The quantitative estimate of drug-likeness (QED) is 0.735. The van der Waals surface area contributed by atoms with Crippen molar-refractivity contribution in [1.29, 1.82) is 0 Å². The number of likely N-dealkylation sites (tertiary alicyclic amines) is 1. The Morgan fingerprint density at radius 1 is 1.23 bits per heavy atom. The highest BCUT2D eigenvalue weighted by Gasteiger charge is 2.27. The first-order valence-electron chi connectivity index (χ1n) is 9.08. The number of benzene rings is 1. The zero-order valence-electron chi connectivity index (χ0n) is 15.9. The Bertz CT molecular complexity index is 679. The zero-order valence-corrected chi connectivity index (χ0v) is 16.7. The summed E-state index contributed by atoms with van der Waals surface area (Å²) in [6.07, 6.45) is 3.65. The van der Waals surface area contributed by atoms with Crippen LogP contribution in [-0.4, -0.2) is 69.8 Å². The van der Waals surface area contributed by atoms with E-state index >= 15 is 0 Å². The minimum atomic E-state index is -3.75. The summed E-state index contributed by atoms with van der Waals surface area (Å²) in [4.78, 5) is 14.7. The molecular weight excluding hydrogens is 352 g/mol. The zero-order chi connectivity index (χ0) is 19.2. The largest absolute Gasteiger partial charge is 0.353 e. The first-order valence-corrected chi connectivity index (χ1v) is 10.5. The van der Waals surface area contributed by atoms with E-state index in [4.69, 9.17) is 0 Å². The van der Waals surface area contributed by atoms with E-state index in [2.05, 4.69) is 17.1 Å². The summed E-state index contributed by atoms with van der Waals surface area (Å²) in [6.45, 7) is 4.34. The summed E-state index contributed by atoms with van der Waals surface area (Å²) in [5.74, 6) is -0.302. The number of hydrogen-bond acceptors (Lipinski definition) is 4. The molecule has 0 radical (unpaired) electrons. The SMILES string of the molecule is CC1CCCCN1CCNC(=O)CN(c1ccccc1)S(=O)(=O)N(C)C. The van der Waals surface area contributed by atoms with Crippen LogP contribution in [0.25, 0.3) is 0 Å². The maximum absolute atomic E-state index is 12.6. The van der Waals surface area contributed by atoms with Crippen LogP contribution in [0.3, 0.4) is 0 Å². The molecule has 1 aromatic carbocycles. The smallest absolute Gasteiger partial charge is 0.304 e. The lowest BCUT2D eigenvalue weighted by atomic mass is 10.0. The molecule has 0 aliphatic carbocycles. The first-order chi connectivity index (χ1) is 12.3. The van der Waals surface area contributed by atoms with Crippen molar-refractivity contribution >= 4 is 21.8 Å². The lowest BCUT2D eigenvalue weighted by Gasteiger charge is -2.33. The fourth-order valence-corrected chi connectivity index (χ4v) is 4.18. The van der Waals surface area contributed by atoms with Gasteiger partial charge in [0.1, 0.15) is 6.54 Å². The number of piperidine rings is 1. The molecule has 146 valence electrons. The van der Waals surface area contributed by atoms with Crippen LogP contribution in [0.1, 0.15) is 26.2 Å². The third-order valence-corrected chi connectivity index (χ3v) is 6.55. The maximum atomic E-state index is 12.6. The van der Waals surface area contributed by atoms with Gasteiger partial charge >= 0.3 is 10.2 Å². The van der Waals surface area contributed by atoms with Gasteiger partial charge in [0.2, 0.25) is 5.91 Å². The molecule has 1 atom stereocenters. The lowest BCUT2D eigenvalue weighted by Crippen LogP contribution is -2.47. The van der Waals surface area contributed by atoms with Gasteiger partial charge in [0.15, 0.2) is 0 Å². The molecule has 1 aromatic rings. The second-order valence-electron chi connectivity index (χ2n) is 6.86. The number of amides is 1. The molecule has 8 heteroatoms. The number of para-hydroxylation sites is 1. The summed E-state index contributed by atoms with van der Waals surface area (Å²) in [7, 11) is -0.827. The van der Waals surface area contributed by atoms with Gasteiger partial charge in [-0.2, -0.15) is 12.7 Å². The van der Waals surface area contributed by atoms with Crippen molar-refractivity contribution in [2.45, 2.75) is 32.2 Å². The summed E-state index contributed by atoms with van der Waals surface area (Å²) in [6, 6.07) is 9.22. The number of nitrogens with zero attached hydrogens (tertiary/aromatic N) is 3. The summed E-state index contributed by atoms with van der Waals surface area (Å²) >= 11 is 0. The Hall–Kier alpha value is -1.64. The van der Waals surface area contributed by atoms with E-state index in [9.17, 15) is 13.2 Å². The van der Waals surface area contributed by atoms with Gasteiger partial charge in [-0.3, -0.25) is 9.69 Å². The molecule has 1 aliphatic heterocycles. The summed E-state index contributed by atoms with van der Waals surface area (Å²) in [5.41, 5.74) is 0.473. The summed E-state index contributed by atoms with van der Waals surface area (Å²) < 4.78 is 27.4. The van der Waals surface area contributed by atoms with Crippen LogP contribution in [0.2, 0.25) is 0 Å². The second-order valence-corrected chi connectivity index (χ2v) is 8.93. The molecule has 7 nitrogen and oxygen atoms in total. The number of carbonyl (C=O) groups is 1. The van der Waals surface area contributed by atoms with E-state index in [0.29, 0.717) is 18.3 Å². The van der Waals surface area contributed by atoms with E-state index < -0.39 is 10.2 Å². The van der Waals surface area contributed by atoms with Gasteiger partial charge in [-0.15, -0.1) is 0 Å². The highest BCUT2D eigenvalue weighted by atomic mass is 32.2. The topological polar surface area (TPSA) is 73.0 Å². The summed E-state index contributed by atoms with van der Waals surface area (Å²) in [5, 5.41) is 2.86. The number of anilines is 1. The fourth-order valence-electron chi connectivity index (χ4n) is 3.11. The monoisotopic (exact) mass is 382 g/mol. The van der Waals surface area contributed by atoms with Gasteiger partial charge in [-0.05, 0) is 38.4 Å². The molecule has 1 saturated heterocycles. The van der Waals surface area contributed by atoms with Gasteiger partial charge in [0.25, 0.3) is 0 Å². The van der Waals surface area contributed by atoms with Gasteiger partial charge in [-0.1, -0.05) is 24.6 Å². The molecule has 26 heavy (non-hydrogen) atoms. The molecule has 1 unspecified atom stereocenters. The number of nitrogens with one attached hydrogen (secondary N) is 1. The average Bonchev–Trinajstić information content (AvgIpc) is 2.62. The van der Waals surface area contributed by atoms with Crippen LogP contribution in [-0.2, 0) is 15.0 Å². The maximum Gasteiger partial charge on any atom is 0.304 e. The molecule has 1 fully saturated rings. The second kappa shape index (κ2) is 9.34. The van der Waals surface area contributed by atoms with E-state index in [1.807, 2.05) is 6.07 Å². The normalized spacial score (nSPS) is 18.7. The highest BCUT2D eigenvalue weighted by molar-refractivity contribution is 7.90. The Kier molecular flexibility index (Phi) is 7.43. The standard InChI is InChI=1S/C18H30N4O3S/c1-16-9-7-8-13-21(16)14-12-19-18(23)15-22(26(24,25)20(2)3)17-10-5-4-6-11-17/h4-6,10-11,16H,7-9,12-15H2,1-3H3,(H,19,23). The van der Waals surface area contributed by atoms with Crippen molar-refractivity contribution in [1.82, 2.24) is 14.5 Å². The van der Waals surface area contributed by atoms with Crippen LogP contribution in [0, 0.1) is 0 Å². The predicted molar refractivity (Wildman–Crippen MR) is 104 cm³/mol. The lowest BCUT2D eigenvalue weighted by molar-refractivity contribution is -0.119. The van der Waals surface area contributed by atoms with Gasteiger partial charge in [-0.25, -0.2) is 4.31 Å². The first kappa shape index (κ1) is 20.7. The molecule has 1 N–H and O–H groups in total. The predicted octanol–water partition coefficient (Wildman–Crippen LogP) is 1.29. The van der Waals surface area contributed by atoms with Crippen LogP contribution in [0.15, 0.2) is 30.3 Å². The minimum absolute atomic E-state index is 0.236. The van der Waals surface area contributed by atoms with E-state index in [1.54, 1.807) is 24.3 Å². The van der Waals surface area contributed by atoms with Crippen LogP contribution < -0.4 is 9.62 Å². The molecule has 0 saturated carbocycles. The van der Waals surface area contributed by atoms with Crippen LogP contribution in [0.4, 0.5) is 5.69 Å². The van der Waals surface area contributed by atoms with Gasteiger partial charge < -0.3 is 5.32 Å². The fraction of sp³-hybridized carbons (Fsp3) is 0.611. The van der Waals surface area contributed by atoms with Gasteiger partial charge in [0, 0.05) is 33.2 Å². The number of carbonyl (C=O) groups excluding carboxylic acids is 1. The third-order valence-electron chi connectivity index (χ3n) is 4.73.